The monoisotopic (exact) mass is 266 g/mol. The first kappa shape index (κ1) is 12.8. The van der Waals surface area contributed by atoms with Crippen LogP contribution in [0.2, 0.25) is 5.02 Å². The second-order valence-electron chi connectivity index (χ2n) is 3.48. The summed E-state index contributed by atoms with van der Waals surface area (Å²) in [5.41, 5.74) is 2.80. The van der Waals surface area contributed by atoms with Gasteiger partial charge in [0, 0.05) is 15.7 Å². The highest BCUT2D eigenvalue weighted by Crippen LogP contribution is 2.24. The molecule has 5 heteroatoms. The summed E-state index contributed by atoms with van der Waals surface area (Å²) in [4.78, 5) is 0. The average molecular weight is 267 g/mol. The van der Waals surface area contributed by atoms with Crippen molar-refractivity contribution in [2.24, 2.45) is 0 Å². The molecule has 0 atom stereocenters. The summed E-state index contributed by atoms with van der Waals surface area (Å²) in [6.07, 6.45) is 0.359. The second-order valence-corrected chi connectivity index (χ2v) is 6.76. The zero-order chi connectivity index (χ0) is 11.6. The topological polar surface area (TPSA) is 34.1 Å². The number of rotatable bonds is 3. The maximum atomic E-state index is 10.8. The molecule has 2 nitrogen and oxygen atoms in total. The van der Waals surface area contributed by atoms with Crippen molar-refractivity contribution in [1.29, 1.82) is 0 Å². The lowest BCUT2D eigenvalue weighted by atomic mass is 10.0. The molecule has 1 aromatic rings. The Bertz CT molecular complexity index is 467. The van der Waals surface area contributed by atoms with E-state index in [0.717, 1.165) is 16.7 Å². The molecule has 0 fully saturated rings. The smallest absolute Gasteiger partial charge is 0.212 e. The molecule has 0 aromatic heterocycles. The van der Waals surface area contributed by atoms with E-state index in [4.69, 9.17) is 22.3 Å². The summed E-state index contributed by atoms with van der Waals surface area (Å²) in [5, 5.41) is 0.635. The van der Waals surface area contributed by atoms with Gasteiger partial charge in [0.1, 0.15) is 0 Å². The van der Waals surface area contributed by atoms with Gasteiger partial charge in [0.25, 0.3) is 0 Å². The van der Waals surface area contributed by atoms with E-state index in [1.54, 1.807) is 0 Å². The summed E-state index contributed by atoms with van der Waals surface area (Å²) >= 11 is 6.09. The Balaban J connectivity index is 2.99. The first-order valence-electron chi connectivity index (χ1n) is 4.48. The predicted molar refractivity (Wildman–Crippen MR) is 64.3 cm³/mol. The van der Waals surface area contributed by atoms with Crippen LogP contribution in [0.4, 0.5) is 0 Å². The average Bonchev–Trinajstić information content (AvgIpc) is 2.10. The van der Waals surface area contributed by atoms with Gasteiger partial charge in [0.2, 0.25) is 9.05 Å². The molecule has 0 amide bonds. The van der Waals surface area contributed by atoms with Crippen LogP contribution < -0.4 is 0 Å². The molecule has 0 unspecified atom stereocenters. The standard InChI is InChI=1S/C10H12Cl2O2S/c1-7-3-4-8(2)10(11)9(7)5-6-15(12,13)14/h3-4H,5-6H2,1-2H3. The predicted octanol–water partition coefficient (Wildman–Crippen LogP) is 3.07. The van der Waals surface area contributed by atoms with E-state index in [-0.39, 0.29) is 5.75 Å². The molecule has 1 aromatic carbocycles. The molecule has 0 spiro atoms. The molecule has 0 heterocycles. The number of halogens is 2. The van der Waals surface area contributed by atoms with Gasteiger partial charge in [-0.1, -0.05) is 23.7 Å². The summed E-state index contributed by atoms with van der Waals surface area (Å²) in [6, 6.07) is 3.84. The highest BCUT2D eigenvalue weighted by molar-refractivity contribution is 8.13. The van der Waals surface area contributed by atoms with E-state index >= 15 is 0 Å². The highest BCUT2D eigenvalue weighted by Gasteiger charge is 2.11. The molecule has 0 bridgehead atoms. The largest absolute Gasteiger partial charge is 0.232 e. The van der Waals surface area contributed by atoms with E-state index in [0.29, 0.717) is 11.4 Å². The van der Waals surface area contributed by atoms with Gasteiger partial charge in [-0.2, -0.15) is 0 Å². The van der Waals surface area contributed by atoms with Crippen molar-refractivity contribution in [3.63, 3.8) is 0 Å². The van der Waals surface area contributed by atoms with Crippen molar-refractivity contribution < 1.29 is 8.42 Å². The normalized spacial score (nSPS) is 11.7. The summed E-state index contributed by atoms with van der Waals surface area (Å²) in [6.45, 7) is 3.79. The molecule has 15 heavy (non-hydrogen) atoms. The Morgan fingerprint density at radius 2 is 1.73 bits per heavy atom. The molecular formula is C10H12Cl2O2S. The lowest BCUT2D eigenvalue weighted by Crippen LogP contribution is -2.03. The molecule has 0 saturated heterocycles. The van der Waals surface area contributed by atoms with Crippen molar-refractivity contribution >= 4 is 31.3 Å². The van der Waals surface area contributed by atoms with E-state index in [1.807, 2.05) is 26.0 Å². The van der Waals surface area contributed by atoms with Crippen molar-refractivity contribution in [2.75, 3.05) is 5.75 Å². The van der Waals surface area contributed by atoms with Crippen LogP contribution in [0.3, 0.4) is 0 Å². The van der Waals surface area contributed by atoms with Crippen LogP contribution in [0, 0.1) is 13.8 Å². The van der Waals surface area contributed by atoms with Crippen LogP contribution in [-0.2, 0) is 15.5 Å². The van der Waals surface area contributed by atoms with Gasteiger partial charge in [-0.05, 0) is 37.0 Å². The van der Waals surface area contributed by atoms with Crippen LogP contribution in [-0.4, -0.2) is 14.2 Å². The van der Waals surface area contributed by atoms with Crippen LogP contribution in [0.25, 0.3) is 0 Å². The summed E-state index contributed by atoms with van der Waals surface area (Å²) in [7, 11) is 1.70. The fourth-order valence-corrected chi connectivity index (χ4v) is 2.35. The minimum atomic E-state index is -3.46. The van der Waals surface area contributed by atoms with Crippen LogP contribution >= 0.6 is 22.3 Å². The lowest BCUT2D eigenvalue weighted by Gasteiger charge is -2.09. The third-order valence-electron chi connectivity index (χ3n) is 2.27. The first-order chi connectivity index (χ1) is 6.81. The molecular weight excluding hydrogens is 255 g/mol. The van der Waals surface area contributed by atoms with E-state index < -0.39 is 9.05 Å². The minimum absolute atomic E-state index is 0.0848. The maximum Gasteiger partial charge on any atom is 0.232 e. The minimum Gasteiger partial charge on any atom is -0.212 e. The third-order valence-corrected chi connectivity index (χ3v) is 3.95. The fourth-order valence-electron chi connectivity index (χ4n) is 1.37. The number of hydrogen-bond acceptors (Lipinski definition) is 2. The second kappa shape index (κ2) is 4.73. The number of aryl methyl sites for hydroxylation is 2. The molecule has 0 N–H and O–H groups in total. The molecule has 0 aliphatic carbocycles. The molecule has 0 radical (unpaired) electrons. The fraction of sp³-hybridized carbons (Fsp3) is 0.400. The number of benzene rings is 1. The Morgan fingerprint density at radius 3 is 2.27 bits per heavy atom. The van der Waals surface area contributed by atoms with Gasteiger partial charge in [0.15, 0.2) is 0 Å². The SMILES string of the molecule is Cc1ccc(C)c(CCS(=O)(=O)Cl)c1Cl. The Labute approximate surface area is 99.6 Å². The zero-order valence-electron chi connectivity index (χ0n) is 8.55. The van der Waals surface area contributed by atoms with Crippen molar-refractivity contribution in [3.05, 3.63) is 33.8 Å². The van der Waals surface area contributed by atoms with Gasteiger partial charge in [-0.15, -0.1) is 0 Å². The Kier molecular flexibility index (Phi) is 4.04. The summed E-state index contributed by atoms with van der Waals surface area (Å²) in [5.74, 6) is -0.0848. The quantitative estimate of drug-likeness (QED) is 0.789. The molecule has 84 valence electrons. The third kappa shape index (κ3) is 3.67. The van der Waals surface area contributed by atoms with Gasteiger partial charge >= 0.3 is 0 Å². The van der Waals surface area contributed by atoms with E-state index in [1.165, 1.54) is 0 Å². The van der Waals surface area contributed by atoms with Crippen LogP contribution in [0.1, 0.15) is 16.7 Å². The lowest BCUT2D eigenvalue weighted by molar-refractivity contribution is 0.609. The summed E-state index contributed by atoms with van der Waals surface area (Å²) < 4.78 is 21.7. The van der Waals surface area contributed by atoms with E-state index in [2.05, 4.69) is 0 Å². The first-order valence-corrected chi connectivity index (χ1v) is 7.34. The van der Waals surface area contributed by atoms with Crippen molar-refractivity contribution in [1.82, 2.24) is 0 Å². The van der Waals surface area contributed by atoms with Gasteiger partial charge in [-0.25, -0.2) is 8.42 Å². The van der Waals surface area contributed by atoms with Gasteiger partial charge in [-0.3, -0.25) is 0 Å². The highest BCUT2D eigenvalue weighted by atomic mass is 35.7. The van der Waals surface area contributed by atoms with Crippen LogP contribution in [0.15, 0.2) is 12.1 Å². The van der Waals surface area contributed by atoms with Gasteiger partial charge in [0.05, 0.1) is 5.75 Å². The van der Waals surface area contributed by atoms with Crippen molar-refractivity contribution in [2.45, 2.75) is 20.3 Å². The molecule has 0 saturated carbocycles. The maximum absolute atomic E-state index is 10.8. The Hall–Kier alpha value is -0.250. The van der Waals surface area contributed by atoms with E-state index in [9.17, 15) is 8.42 Å². The zero-order valence-corrected chi connectivity index (χ0v) is 10.9. The number of hydrogen-bond donors (Lipinski definition) is 0. The molecule has 0 aliphatic heterocycles. The van der Waals surface area contributed by atoms with Crippen LogP contribution in [0.5, 0.6) is 0 Å². The molecule has 1 rings (SSSR count). The van der Waals surface area contributed by atoms with Gasteiger partial charge < -0.3 is 0 Å². The molecule has 0 aliphatic rings. The van der Waals surface area contributed by atoms with Crippen molar-refractivity contribution in [3.8, 4) is 0 Å². The Morgan fingerprint density at radius 1 is 1.20 bits per heavy atom.